The van der Waals surface area contributed by atoms with Crippen molar-refractivity contribution < 1.29 is 0 Å². The first-order valence-electron chi connectivity index (χ1n) is 11.4. The number of pyridine rings is 1. The van der Waals surface area contributed by atoms with E-state index in [0.29, 0.717) is 6.04 Å². The molecule has 5 aliphatic rings. The standard InChI is InChI=1S/C26H28N2S/c1-15-6-3-4-7-21(15)28-16(2)23-24-22(8-5-9-27-24)29-25(23)26(28)19-11-17-10-18(13-19)14-20(26)12-17/h3-9,16-20H,10-14H2,1-2H3/t16-,17?,18?,19?,20?,26?/m0/s1. The Bertz CT molecular complexity index is 1100. The van der Waals surface area contributed by atoms with Gasteiger partial charge in [-0.15, -0.1) is 11.3 Å². The predicted molar refractivity (Wildman–Crippen MR) is 120 cm³/mol. The molecule has 148 valence electrons. The van der Waals surface area contributed by atoms with Crippen molar-refractivity contribution in [3.05, 3.63) is 58.6 Å². The first-order valence-corrected chi connectivity index (χ1v) is 12.2. The molecule has 4 fully saturated rings. The van der Waals surface area contributed by atoms with E-state index in [9.17, 15) is 0 Å². The average Bonchev–Trinajstić information content (AvgIpc) is 3.21. The minimum atomic E-state index is 0.194. The zero-order chi connectivity index (χ0) is 19.3. The molecule has 0 radical (unpaired) electrons. The van der Waals surface area contributed by atoms with Crippen LogP contribution in [0.25, 0.3) is 10.2 Å². The van der Waals surface area contributed by atoms with Crippen LogP contribution in [0, 0.1) is 30.6 Å². The van der Waals surface area contributed by atoms with E-state index in [1.807, 2.05) is 6.20 Å². The van der Waals surface area contributed by atoms with Crippen LogP contribution in [0.4, 0.5) is 5.69 Å². The third-order valence-electron chi connectivity index (χ3n) is 8.81. The summed E-state index contributed by atoms with van der Waals surface area (Å²) in [5.41, 5.74) is 5.88. The van der Waals surface area contributed by atoms with E-state index in [1.54, 1.807) is 10.4 Å². The van der Waals surface area contributed by atoms with Crippen LogP contribution in [0.5, 0.6) is 0 Å². The molecule has 4 aliphatic carbocycles. The summed E-state index contributed by atoms with van der Waals surface area (Å²) in [5, 5.41) is 0. The van der Waals surface area contributed by atoms with Gasteiger partial charge in [-0.1, -0.05) is 18.2 Å². The number of aromatic nitrogens is 1. The summed E-state index contributed by atoms with van der Waals surface area (Å²) >= 11 is 2.07. The summed E-state index contributed by atoms with van der Waals surface area (Å²) in [6.07, 6.45) is 9.23. The van der Waals surface area contributed by atoms with Crippen LogP contribution in [0.1, 0.15) is 61.1 Å². The first kappa shape index (κ1) is 16.9. The molecule has 3 aromatic rings. The minimum Gasteiger partial charge on any atom is -0.353 e. The topological polar surface area (TPSA) is 16.1 Å². The monoisotopic (exact) mass is 400 g/mol. The van der Waals surface area contributed by atoms with Crippen molar-refractivity contribution in [3.63, 3.8) is 0 Å². The second-order valence-corrected chi connectivity index (χ2v) is 11.2. The molecule has 29 heavy (non-hydrogen) atoms. The molecule has 1 aliphatic heterocycles. The maximum atomic E-state index is 4.89. The summed E-state index contributed by atoms with van der Waals surface area (Å²) in [4.78, 5) is 9.46. The van der Waals surface area contributed by atoms with Gasteiger partial charge in [-0.25, -0.2) is 0 Å². The number of rotatable bonds is 1. The highest BCUT2D eigenvalue weighted by Gasteiger charge is 2.65. The minimum absolute atomic E-state index is 0.194. The smallest absolute Gasteiger partial charge is 0.0866 e. The molecule has 1 atom stereocenters. The molecule has 0 N–H and O–H groups in total. The average molecular weight is 401 g/mol. The molecular weight excluding hydrogens is 372 g/mol. The number of benzene rings is 1. The van der Waals surface area contributed by atoms with Gasteiger partial charge in [0.1, 0.15) is 0 Å². The molecule has 3 heterocycles. The molecule has 1 spiro atoms. The molecule has 2 aromatic heterocycles. The van der Waals surface area contributed by atoms with E-state index in [4.69, 9.17) is 4.98 Å². The lowest BCUT2D eigenvalue weighted by Gasteiger charge is -2.63. The van der Waals surface area contributed by atoms with Gasteiger partial charge in [0, 0.05) is 22.3 Å². The van der Waals surface area contributed by atoms with Crippen LogP contribution in [-0.4, -0.2) is 4.98 Å². The number of fused-ring (bicyclic) bond motifs is 3. The normalized spacial score (nSPS) is 37.0. The SMILES string of the molecule is Cc1ccccc1N1[C@@H](C)c2c(sc3cccnc23)C12C1CC3CC(C1)CC2C3. The van der Waals surface area contributed by atoms with E-state index in [2.05, 4.69) is 66.5 Å². The molecule has 0 unspecified atom stereocenters. The van der Waals surface area contributed by atoms with Crippen molar-refractivity contribution in [1.29, 1.82) is 0 Å². The number of thiophene rings is 1. The number of anilines is 1. The van der Waals surface area contributed by atoms with Gasteiger partial charge in [-0.3, -0.25) is 4.98 Å². The largest absolute Gasteiger partial charge is 0.353 e. The molecule has 0 amide bonds. The lowest BCUT2D eigenvalue weighted by Crippen LogP contribution is -2.62. The quantitative estimate of drug-likeness (QED) is 0.445. The first-order chi connectivity index (χ1) is 14.2. The van der Waals surface area contributed by atoms with Crippen LogP contribution < -0.4 is 4.90 Å². The van der Waals surface area contributed by atoms with E-state index >= 15 is 0 Å². The fourth-order valence-corrected chi connectivity index (χ4v) is 9.70. The Labute approximate surface area is 177 Å². The van der Waals surface area contributed by atoms with E-state index in [-0.39, 0.29) is 5.54 Å². The van der Waals surface area contributed by atoms with Gasteiger partial charge in [0.25, 0.3) is 0 Å². The summed E-state index contributed by atoms with van der Waals surface area (Å²) in [7, 11) is 0. The third-order valence-corrected chi connectivity index (χ3v) is 10.1. The summed E-state index contributed by atoms with van der Waals surface area (Å²) in [5.74, 6) is 3.56. The summed E-state index contributed by atoms with van der Waals surface area (Å²) in [6, 6.07) is 13.9. The third kappa shape index (κ3) is 1.96. The molecule has 3 heteroatoms. The molecule has 2 nitrogen and oxygen atoms in total. The van der Waals surface area contributed by atoms with Gasteiger partial charge in [-0.05, 0) is 93.4 Å². The highest BCUT2D eigenvalue weighted by atomic mass is 32.1. The Morgan fingerprint density at radius 1 is 0.966 bits per heavy atom. The van der Waals surface area contributed by atoms with Crippen molar-refractivity contribution in [3.8, 4) is 0 Å². The van der Waals surface area contributed by atoms with Crippen molar-refractivity contribution in [2.24, 2.45) is 23.7 Å². The highest BCUT2D eigenvalue weighted by Crippen LogP contribution is 2.70. The second-order valence-electron chi connectivity index (χ2n) is 10.2. The van der Waals surface area contributed by atoms with E-state index in [0.717, 1.165) is 23.7 Å². The van der Waals surface area contributed by atoms with E-state index < -0.39 is 0 Å². The number of hydrogen-bond donors (Lipinski definition) is 0. The summed E-state index contributed by atoms with van der Waals surface area (Å²) < 4.78 is 1.39. The highest BCUT2D eigenvalue weighted by molar-refractivity contribution is 7.19. The van der Waals surface area contributed by atoms with Gasteiger partial charge in [-0.2, -0.15) is 0 Å². The Kier molecular flexibility index (Phi) is 3.28. The molecule has 0 saturated heterocycles. The Morgan fingerprint density at radius 3 is 2.41 bits per heavy atom. The van der Waals surface area contributed by atoms with Crippen LogP contribution in [-0.2, 0) is 5.54 Å². The molecule has 8 rings (SSSR count). The van der Waals surface area contributed by atoms with Crippen molar-refractivity contribution >= 4 is 27.2 Å². The Hall–Kier alpha value is -1.87. The summed E-state index contributed by atoms with van der Waals surface area (Å²) in [6.45, 7) is 4.75. The van der Waals surface area contributed by atoms with Crippen molar-refractivity contribution in [2.45, 2.75) is 57.5 Å². The van der Waals surface area contributed by atoms with Gasteiger partial charge in [0.2, 0.25) is 0 Å². The van der Waals surface area contributed by atoms with Crippen molar-refractivity contribution in [2.75, 3.05) is 4.90 Å². The van der Waals surface area contributed by atoms with Gasteiger partial charge >= 0.3 is 0 Å². The van der Waals surface area contributed by atoms with Crippen LogP contribution in [0.2, 0.25) is 0 Å². The second kappa shape index (κ2) is 5.63. The number of aryl methyl sites for hydroxylation is 1. The maximum Gasteiger partial charge on any atom is 0.0866 e. The van der Waals surface area contributed by atoms with Crippen LogP contribution in [0.15, 0.2) is 42.6 Å². The number of nitrogens with zero attached hydrogens (tertiary/aromatic N) is 2. The molecule has 1 aromatic carbocycles. The zero-order valence-electron chi connectivity index (χ0n) is 17.3. The lowest BCUT2D eigenvalue weighted by molar-refractivity contribution is -0.0588. The van der Waals surface area contributed by atoms with Gasteiger partial charge in [0.05, 0.1) is 21.8 Å². The Morgan fingerprint density at radius 2 is 1.69 bits per heavy atom. The van der Waals surface area contributed by atoms with Gasteiger partial charge < -0.3 is 4.90 Å². The zero-order valence-corrected chi connectivity index (χ0v) is 18.1. The van der Waals surface area contributed by atoms with E-state index in [1.165, 1.54) is 53.6 Å². The van der Waals surface area contributed by atoms with Crippen LogP contribution >= 0.6 is 11.3 Å². The van der Waals surface area contributed by atoms with Crippen LogP contribution in [0.3, 0.4) is 0 Å². The fraction of sp³-hybridized carbons (Fsp3) is 0.500. The molecular formula is C26H28N2S. The Balaban J connectivity index is 1.54. The van der Waals surface area contributed by atoms with Crippen molar-refractivity contribution in [1.82, 2.24) is 4.98 Å². The number of hydrogen-bond acceptors (Lipinski definition) is 3. The maximum absolute atomic E-state index is 4.89. The van der Waals surface area contributed by atoms with Gasteiger partial charge in [0.15, 0.2) is 0 Å². The molecule has 4 saturated carbocycles. The lowest BCUT2D eigenvalue weighted by atomic mass is 9.48. The fourth-order valence-electron chi connectivity index (χ4n) is 8.10. The molecule has 4 bridgehead atoms. The number of para-hydroxylation sites is 1. The predicted octanol–water partition coefficient (Wildman–Crippen LogP) is 6.84.